The van der Waals surface area contributed by atoms with Crippen molar-refractivity contribution in [1.82, 2.24) is 5.48 Å². The Balaban J connectivity index is 2.07. The Morgan fingerprint density at radius 2 is 1.78 bits per heavy atom. The lowest BCUT2D eigenvalue weighted by Gasteiger charge is -2.09. The molecular formula is C18H18N2O3. The Labute approximate surface area is 134 Å². The van der Waals surface area contributed by atoms with Gasteiger partial charge in [0.1, 0.15) is 0 Å². The van der Waals surface area contributed by atoms with E-state index in [1.807, 2.05) is 31.2 Å². The van der Waals surface area contributed by atoms with Crippen LogP contribution in [0.3, 0.4) is 0 Å². The fourth-order valence-electron chi connectivity index (χ4n) is 2.04. The smallest absolute Gasteiger partial charge is 0.267 e. The van der Waals surface area contributed by atoms with Gasteiger partial charge in [0.15, 0.2) is 0 Å². The van der Waals surface area contributed by atoms with Crippen molar-refractivity contribution in [3.05, 3.63) is 71.3 Å². The summed E-state index contributed by atoms with van der Waals surface area (Å²) in [6.45, 7) is 2.00. The van der Waals surface area contributed by atoms with E-state index in [1.165, 1.54) is 17.6 Å². The Hall–Kier alpha value is -2.92. The van der Waals surface area contributed by atoms with Crippen molar-refractivity contribution >= 4 is 23.6 Å². The monoisotopic (exact) mass is 310 g/mol. The van der Waals surface area contributed by atoms with E-state index in [9.17, 15) is 9.59 Å². The van der Waals surface area contributed by atoms with Crippen molar-refractivity contribution in [3.63, 3.8) is 0 Å². The predicted octanol–water partition coefficient (Wildman–Crippen LogP) is 2.69. The molecule has 2 rings (SSSR count). The molecule has 3 N–H and O–H groups in total. The summed E-state index contributed by atoms with van der Waals surface area (Å²) in [7, 11) is 0. The first kappa shape index (κ1) is 16.5. The highest BCUT2D eigenvalue weighted by molar-refractivity contribution is 5.96. The molecule has 0 saturated heterocycles. The largest absolute Gasteiger partial charge is 0.325 e. The highest BCUT2D eigenvalue weighted by Crippen LogP contribution is 2.17. The number of para-hydroxylation sites is 1. The lowest BCUT2D eigenvalue weighted by Crippen LogP contribution is -2.16. The number of carbonyl (C=O) groups is 2. The highest BCUT2D eigenvalue weighted by Gasteiger charge is 2.06. The molecule has 0 aromatic heterocycles. The Morgan fingerprint density at radius 1 is 1.09 bits per heavy atom. The zero-order valence-electron chi connectivity index (χ0n) is 12.7. The number of nitrogens with one attached hydrogen (secondary N) is 2. The molecule has 23 heavy (non-hydrogen) atoms. The van der Waals surface area contributed by atoms with Crippen molar-refractivity contribution in [2.24, 2.45) is 0 Å². The van der Waals surface area contributed by atoms with E-state index in [0.29, 0.717) is 11.3 Å². The topological polar surface area (TPSA) is 78.4 Å². The minimum atomic E-state index is -0.634. The van der Waals surface area contributed by atoms with E-state index in [4.69, 9.17) is 5.21 Å². The lowest BCUT2D eigenvalue weighted by atomic mass is 10.1. The number of benzene rings is 2. The van der Waals surface area contributed by atoms with Gasteiger partial charge in [-0.05, 0) is 30.2 Å². The van der Waals surface area contributed by atoms with Gasteiger partial charge in [-0.1, -0.05) is 48.0 Å². The summed E-state index contributed by atoms with van der Waals surface area (Å²) < 4.78 is 0. The summed E-state index contributed by atoms with van der Waals surface area (Å²) in [5.41, 5.74) is 4.87. The molecule has 0 saturated carbocycles. The predicted molar refractivity (Wildman–Crippen MR) is 88.9 cm³/mol. The van der Waals surface area contributed by atoms with Crippen molar-refractivity contribution in [1.29, 1.82) is 0 Å². The van der Waals surface area contributed by atoms with Gasteiger partial charge >= 0.3 is 0 Å². The third-order valence-corrected chi connectivity index (χ3v) is 3.24. The molecule has 0 radical (unpaired) electrons. The average molecular weight is 310 g/mol. The van der Waals surface area contributed by atoms with E-state index >= 15 is 0 Å². The van der Waals surface area contributed by atoms with E-state index in [-0.39, 0.29) is 12.3 Å². The molecule has 5 heteroatoms. The number of rotatable bonds is 5. The second kappa shape index (κ2) is 7.91. The van der Waals surface area contributed by atoms with Crippen molar-refractivity contribution in [3.8, 4) is 0 Å². The fraction of sp³-hybridized carbons (Fsp3) is 0.111. The normalized spacial score (nSPS) is 10.5. The standard InChI is InChI=1S/C18H18N2O3/c1-13-6-8-14(9-7-13)12-18(22)19-16-5-3-2-4-15(16)10-11-17(21)20-23/h2-11,23H,12H2,1H3,(H,19,22)(H,20,21)/b11-10+. The first-order valence-electron chi connectivity index (χ1n) is 7.15. The molecule has 0 aliphatic heterocycles. The van der Waals surface area contributed by atoms with Gasteiger partial charge < -0.3 is 5.32 Å². The number of amides is 2. The van der Waals surface area contributed by atoms with E-state index in [1.54, 1.807) is 24.3 Å². The van der Waals surface area contributed by atoms with Gasteiger partial charge in [0, 0.05) is 11.8 Å². The number of hydrogen-bond acceptors (Lipinski definition) is 3. The molecule has 0 heterocycles. The molecule has 0 aliphatic rings. The number of carbonyl (C=O) groups excluding carboxylic acids is 2. The van der Waals surface area contributed by atoms with Gasteiger partial charge in [0.2, 0.25) is 5.91 Å². The van der Waals surface area contributed by atoms with Crippen LogP contribution in [0.5, 0.6) is 0 Å². The zero-order chi connectivity index (χ0) is 16.7. The molecule has 0 atom stereocenters. The highest BCUT2D eigenvalue weighted by atomic mass is 16.5. The van der Waals surface area contributed by atoms with Crippen molar-refractivity contribution in [2.75, 3.05) is 5.32 Å². The van der Waals surface area contributed by atoms with E-state index in [0.717, 1.165) is 11.1 Å². The molecule has 2 aromatic rings. The van der Waals surface area contributed by atoms with E-state index in [2.05, 4.69) is 5.32 Å². The van der Waals surface area contributed by atoms with Crippen LogP contribution in [-0.4, -0.2) is 17.0 Å². The van der Waals surface area contributed by atoms with Crippen molar-refractivity contribution in [2.45, 2.75) is 13.3 Å². The fourth-order valence-corrected chi connectivity index (χ4v) is 2.04. The summed E-state index contributed by atoms with van der Waals surface area (Å²) in [4.78, 5) is 23.2. The molecule has 0 bridgehead atoms. The van der Waals surface area contributed by atoms with Gasteiger partial charge in [-0.25, -0.2) is 5.48 Å². The maximum absolute atomic E-state index is 12.2. The first-order valence-corrected chi connectivity index (χ1v) is 7.15. The summed E-state index contributed by atoms with van der Waals surface area (Å²) in [6, 6.07) is 14.9. The summed E-state index contributed by atoms with van der Waals surface area (Å²) >= 11 is 0. The summed E-state index contributed by atoms with van der Waals surface area (Å²) in [5.74, 6) is -0.771. The molecule has 2 aromatic carbocycles. The lowest BCUT2D eigenvalue weighted by molar-refractivity contribution is -0.124. The Bertz CT molecular complexity index is 721. The Morgan fingerprint density at radius 3 is 2.48 bits per heavy atom. The van der Waals surface area contributed by atoms with Crippen LogP contribution in [-0.2, 0) is 16.0 Å². The summed E-state index contributed by atoms with van der Waals surface area (Å²) in [6.07, 6.45) is 2.98. The second-order valence-corrected chi connectivity index (χ2v) is 5.11. The van der Waals surface area contributed by atoms with Gasteiger partial charge in [0.05, 0.1) is 6.42 Å². The molecule has 118 valence electrons. The number of hydrogen-bond donors (Lipinski definition) is 3. The van der Waals surface area contributed by atoms with Crippen LogP contribution < -0.4 is 10.8 Å². The van der Waals surface area contributed by atoms with E-state index < -0.39 is 5.91 Å². The van der Waals surface area contributed by atoms with Crippen LogP contribution >= 0.6 is 0 Å². The maximum atomic E-state index is 12.2. The molecule has 2 amide bonds. The Kier molecular flexibility index (Phi) is 5.66. The average Bonchev–Trinajstić information content (AvgIpc) is 2.55. The first-order chi connectivity index (χ1) is 11.1. The maximum Gasteiger partial charge on any atom is 0.267 e. The molecule has 0 spiro atoms. The number of hydroxylamine groups is 1. The molecule has 0 unspecified atom stereocenters. The molecule has 0 fully saturated rings. The van der Waals surface area contributed by atoms with Gasteiger partial charge in [-0.15, -0.1) is 0 Å². The van der Waals surface area contributed by atoms with Crippen LogP contribution in [0.25, 0.3) is 6.08 Å². The quantitative estimate of drug-likeness (QED) is 0.451. The third-order valence-electron chi connectivity index (χ3n) is 3.24. The third kappa shape index (κ3) is 5.09. The molecule has 5 nitrogen and oxygen atoms in total. The van der Waals surface area contributed by atoms with Gasteiger partial charge in [0.25, 0.3) is 5.91 Å². The van der Waals surface area contributed by atoms with Gasteiger partial charge in [-0.3, -0.25) is 14.8 Å². The van der Waals surface area contributed by atoms with Crippen LogP contribution in [0.4, 0.5) is 5.69 Å². The van der Waals surface area contributed by atoms with Crippen LogP contribution in [0, 0.1) is 6.92 Å². The van der Waals surface area contributed by atoms with Gasteiger partial charge in [-0.2, -0.15) is 0 Å². The minimum absolute atomic E-state index is 0.138. The minimum Gasteiger partial charge on any atom is -0.325 e. The second-order valence-electron chi connectivity index (χ2n) is 5.11. The van der Waals surface area contributed by atoms with Crippen molar-refractivity contribution < 1.29 is 14.8 Å². The number of anilines is 1. The molecule has 0 aliphatic carbocycles. The summed E-state index contributed by atoms with van der Waals surface area (Å²) in [5, 5.41) is 11.3. The van der Waals surface area contributed by atoms with Crippen LogP contribution in [0.1, 0.15) is 16.7 Å². The molecular weight excluding hydrogens is 292 g/mol. The van der Waals surface area contributed by atoms with Crippen LogP contribution in [0.15, 0.2) is 54.6 Å². The van der Waals surface area contributed by atoms with Crippen LogP contribution in [0.2, 0.25) is 0 Å². The zero-order valence-corrected chi connectivity index (χ0v) is 12.7. The number of aryl methyl sites for hydroxylation is 1. The SMILES string of the molecule is Cc1ccc(CC(=O)Nc2ccccc2/C=C/C(=O)NO)cc1.